The topological polar surface area (TPSA) is 86.8 Å². The number of carbonyl (C=O) groups is 2. The highest BCUT2D eigenvalue weighted by Gasteiger charge is 2.31. The summed E-state index contributed by atoms with van der Waals surface area (Å²) in [5.74, 6) is -0.749. The van der Waals surface area contributed by atoms with E-state index in [2.05, 4.69) is 5.32 Å². The Bertz CT molecular complexity index is 1090. The number of amides is 2. The zero-order valence-electron chi connectivity index (χ0n) is 20.5. The van der Waals surface area contributed by atoms with Crippen LogP contribution in [-0.2, 0) is 26.2 Å². The highest BCUT2D eigenvalue weighted by Crippen LogP contribution is 2.18. The van der Waals surface area contributed by atoms with Crippen LogP contribution in [0.4, 0.5) is 0 Å². The molecule has 0 aliphatic carbocycles. The molecule has 1 N–H and O–H groups in total. The molecule has 0 aliphatic rings. The first kappa shape index (κ1) is 26.5. The van der Waals surface area contributed by atoms with Gasteiger partial charge in [-0.15, -0.1) is 0 Å². The average molecular weight is 474 g/mol. The van der Waals surface area contributed by atoms with Gasteiger partial charge in [-0.1, -0.05) is 42.0 Å². The minimum atomic E-state index is -3.85. The van der Waals surface area contributed by atoms with Crippen molar-refractivity contribution in [3.63, 3.8) is 0 Å². The van der Waals surface area contributed by atoms with Crippen molar-refractivity contribution in [2.24, 2.45) is 0 Å². The SMILES string of the molecule is Cc1ccc(S(=O)(=O)N(C)CC(=O)N(Cc2ccccc2C)[C@H](C)C(=O)NC(C)(C)C)cc1. The molecule has 33 heavy (non-hydrogen) atoms. The van der Waals surface area contributed by atoms with Gasteiger partial charge in [-0.3, -0.25) is 9.59 Å². The van der Waals surface area contributed by atoms with E-state index in [9.17, 15) is 18.0 Å². The van der Waals surface area contributed by atoms with E-state index in [1.54, 1.807) is 19.1 Å². The Morgan fingerprint density at radius 2 is 1.58 bits per heavy atom. The van der Waals surface area contributed by atoms with Crippen LogP contribution in [0.25, 0.3) is 0 Å². The third-order valence-corrected chi connectivity index (χ3v) is 7.17. The fraction of sp³-hybridized carbons (Fsp3) is 0.440. The molecule has 1 atom stereocenters. The van der Waals surface area contributed by atoms with Crippen molar-refractivity contribution in [1.29, 1.82) is 0 Å². The molecule has 2 aromatic rings. The quantitative estimate of drug-likeness (QED) is 0.638. The normalized spacial score (nSPS) is 13.0. The Labute approximate surface area is 197 Å². The molecule has 0 saturated heterocycles. The highest BCUT2D eigenvalue weighted by molar-refractivity contribution is 7.89. The molecule has 0 aliphatic heterocycles. The van der Waals surface area contributed by atoms with E-state index in [1.165, 1.54) is 24.1 Å². The molecule has 180 valence electrons. The molecular formula is C25H35N3O4S. The van der Waals surface area contributed by atoms with Crippen LogP contribution in [0.1, 0.15) is 44.4 Å². The largest absolute Gasteiger partial charge is 0.350 e. The summed E-state index contributed by atoms with van der Waals surface area (Å²) in [4.78, 5) is 27.8. The molecule has 2 rings (SSSR count). The molecule has 0 heterocycles. The van der Waals surface area contributed by atoms with Gasteiger partial charge in [0.25, 0.3) is 0 Å². The average Bonchev–Trinajstić information content (AvgIpc) is 2.71. The number of hydrogen-bond donors (Lipinski definition) is 1. The van der Waals surface area contributed by atoms with Gasteiger partial charge in [0.15, 0.2) is 0 Å². The van der Waals surface area contributed by atoms with Gasteiger partial charge < -0.3 is 10.2 Å². The van der Waals surface area contributed by atoms with Crippen molar-refractivity contribution < 1.29 is 18.0 Å². The second kappa shape index (κ2) is 10.5. The molecule has 0 saturated carbocycles. The zero-order chi connectivity index (χ0) is 25.0. The summed E-state index contributed by atoms with van der Waals surface area (Å²) in [7, 11) is -2.48. The molecule has 0 aromatic heterocycles. The van der Waals surface area contributed by atoms with Crippen LogP contribution in [0.2, 0.25) is 0 Å². The molecule has 0 bridgehead atoms. The fourth-order valence-corrected chi connectivity index (χ4v) is 4.40. The maximum atomic E-state index is 13.4. The Hall–Kier alpha value is -2.71. The van der Waals surface area contributed by atoms with Crippen LogP contribution in [0.5, 0.6) is 0 Å². The molecule has 0 fully saturated rings. The first-order valence-electron chi connectivity index (χ1n) is 10.9. The first-order chi connectivity index (χ1) is 15.2. The van der Waals surface area contributed by atoms with Crippen LogP contribution in [0.15, 0.2) is 53.4 Å². The fourth-order valence-electron chi connectivity index (χ4n) is 3.28. The lowest BCUT2D eigenvalue weighted by Crippen LogP contribution is -2.54. The molecule has 7 nitrogen and oxygen atoms in total. The van der Waals surface area contributed by atoms with Gasteiger partial charge in [-0.05, 0) is 64.8 Å². The van der Waals surface area contributed by atoms with Crippen molar-refractivity contribution in [1.82, 2.24) is 14.5 Å². The van der Waals surface area contributed by atoms with Gasteiger partial charge in [0.1, 0.15) is 6.04 Å². The number of sulfonamides is 1. The third-order valence-electron chi connectivity index (χ3n) is 5.35. The predicted molar refractivity (Wildman–Crippen MR) is 130 cm³/mol. The standard InChI is InChI=1S/C25H35N3O4S/c1-18-12-14-22(15-13-18)33(31,32)27(7)17-23(29)28(16-21-11-9-8-10-19(21)2)20(3)24(30)26-25(4,5)6/h8-15,20H,16-17H2,1-7H3,(H,26,30)/t20-/m1/s1. The Balaban J connectivity index is 2.31. The van der Waals surface area contributed by atoms with E-state index in [-0.39, 0.29) is 23.9 Å². The number of rotatable bonds is 8. The highest BCUT2D eigenvalue weighted by atomic mass is 32.2. The van der Waals surface area contributed by atoms with Crippen LogP contribution in [-0.4, -0.2) is 54.6 Å². The smallest absolute Gasteiger partial charge is 0.243 e. The molecule has 8 heteroatoms. The predicted octanol–water partition coefficient (Wildman–Crippen LogP) is 3.26. The van der Waals surface area contributed by atoms with E-state index in [0.717, 1.165) is 21.0 Å². The van der Waals surface area contributed by atoms with Crippen LogP contribution >= 0.6 is 0 Å². The summed E-state index contributed by atoms with van der Waals surface area (Å²) in [5, 5.41) is 2.90. The minimum Gasteiger partial charge on any atom is -0.350 e. The van der Waals surface area contributed by atoms with Crippen molar-refractivity contribution in [2.75, 3.05) is 13.6 Å². The second-order valence-corrected chi connectivity index (χ2v) is 11.5. The maximum absolute atomic E-state index is 13.4. The number of nitrogens with one attached hydrogen (secondary N) is 1. The molecule has 0 radical (unpaired) electrons. The van der Waals surface area contributed by atoms with Crippen LogP contribution in [0.3, 0.4) is 0 Å². The van der Waals surface area contributed by atoms with E-state index in [0.29, 0.717) is 0 Å². The lowest BCUT2D eigenvalue weighted by atomic mass is 10.1. The van der Waals surface area contributed by atoms with Gasteiger partial charge in [0.2, 0.25) is 21.8 Å². The number of likely N-dealkylation sites (N-methyl/N-ethyl adjacent to an activating group) is 1. The number of hydrogen-bond acceptors (Lipinski definition) is 4. The van der Waals surface area contributed by atoms with E-state index >= 15 is 0 Å². The summed E-state index contributed by atoms with van der Waals surface area (Å²) in [5.41, 5.74) is 2.36. The van der Waals surface area contributed by atoms with Gasteiger partial charge in [0, 0.05) is 19.1 Å². The van der Waals surface area contributed by atoms with Crippen molar-refractivity contribution in [2.45, 2.75) is 64.6 Å². The summed E-state index contributed by atoms with van der Waals surface area (Å²) < 4.78 is 27.0. The Morgan fingerprint density at radius 3 is 2.12 bits per heavy atom. The maximum Gasteiger partial charge on any atom is 0.243 e. The lowest BCUT2D eigenvalue weighted by Gasteiger charge is -2.32. The van der Waals surface area contributed by atoms with E-state index in [1.807, 2.05) is 58.9 Å². The molecule has 2 amide bonds. The lowest BCUT2D eigenvalue weighted by molar-refractivity contribution is -0.141. The molecule has 0 unspecified atom stereocenters. The van der Waals surface area contributed by atoms with Gasteiger partial charge in [0.05, 0.1) is 11.4 Å². The number of benzene rings is 2. The Morgan fingerprint density at radius 1 is 1.00 bits per heavy atom. The summed E-state index contributed by atoms with van der Waals surface area (Å²) in [6.45, 7) is 10.9. The third kappa shape index (κ3) is 7.14. The summed E-state index contributed by atoms with van der Waals surface area (Å²) >= 11 is 0. The molecule has 0 spiro atoms. The van der Waals surface area contributed by atoms with Crippen molar-refractivity contribution in [3.05, 3.63) is 65.2 Å². The number of nitrogens with zero attached hydrogens (tertiary/aromatic N) is 2. The van der Waals surface area contributed by atoms with Crippen LogP contribution < -0.4 is 5.32 Å². The van der Waals surface area contributed by atoms with Crippen molar-refractivity contribution in [3.8, 4) is 0 Å². The second-order valence-electron chi connectivity index (χ2n) is 9.44. The van der Waals surface area contributed by atoms with Gasteiger partial charge in [-0.2, -0.15) is 4.31 Å². The first-order valence-corrected chi connectivity index (χ1v) is 12.4. The zero-order valence-corrected chi connectivity index (χ0v) is 21.4. The van der Waals surface area contributed by atoms with Gasteiger partial charge in [-0.25, -0.2) is 8.42 Å². The monoisotopic (exact) mass is 473 g/mol. The molecule has 2 aromatic carbocycles. The Kier molecular flexibility index (Phi) is 8.43. The molecular weight excluding hydrogens is 438 g/mol. The number of carbonyl (C=O) groups excluding carboxylic acids is 2. The van der Waals surface area contributed by atoms with E-state index in [4.69, 9.17) is 0 Å². The summed E-state index contributed by atoms with van der Waals surface area (Å²) in [6.07, 6.45) is 0. The van der Waals surface area contributed by atoms with Crippen LogP contribution in [0, 0.1) is 13.8 Å². The summed E-state index contributed by atoms with van der Waals surface area (Å²) in [6, 6.07) is 13.3. The number of aryl methyl sites for hydroxylation is 2. The van der Waals surface area contributed by atoms with Gasteiger partial charge >= 0.3 is 0 Å². The minimum absolute atomic E-state index is 0.118. The van der Waals surface area contributed by atoms with Crippen molar-refractivity contribution >= 4 is 21.8 Å². The van der Waals surface area contributed by atoms with E-state index < -0.39 is 27.5 Å².